The van der Waals surface area contributed by atoms with Crippen LogP contribution in [-0.4, -0.2) is 20.8 Å². The van der Waals surface area contributed by atoms with E-state index < -0.39 is 0 Å². The molecule has 1 aromatic heterocycles. The molecule has 5 nitrogen and oxygen atoms in total. The summed E-state index contributed by atoms with van der Waals surface area (Å²) >= 11 is 0. The molecule has 0 saturated carbocycles. The largest absolute Gasteiger partial charge is 0.425 e. The first-order valence-electron chi connectivity index (χ1n) is 5.05. The van der Waals surface area contributed by atoms with E-state index in [-0.39, 0.29) is 11.4 Å². The van der Waals surface area contributed by atoms with Crippen LogP contribution in [0, 0.1) is 0 Å². The number of rotatable bonds is 1. The molecule has 0 radical (unpaired) electrons. The predicted octanol–water partition coefficient (Wildman–Crippen LogP) is 1.23. The Morgan fingerprint density at radius 1 is 1.35 bits per heavy atom. The zero-order valence-electron chi connectivity index (χ0n) is 9.24. The second kappa shape index (κ2) is 4.61. The van der Waals surface area contributed by atoms with Gasteiger partial charge >= 0.3 is 0 Å². The van der Waals surface area contributed by atoms with Crippen LogP contribution in [0.1, 0.15) is 6.92 Å². The minimum Gasteiger partial charge on any atom is -0.425 e. The quantitative estimate of drug-likeness (QED) is 0.748. The van der Waals surface area contributed by atoms with E-state index in [9.17, 15) is 10.0 Å². The van der Waals surface area contributed by atoms with Gasteiger partial charge in [0, 0.05) is 18.7 Å². The van der Waals surface area contributed by atoms with Crippen LogP contribution < -0.4 is 5.49 Å². The highest BCUT2D eigenvalue weighted by Crippen LogP contribution is 2.12. The van der Waals surface area contributed by atoms with Crippen LogP contribution in [0.3, 0.4) is 0 Å². The van der Waals surface area contributed by atoms with Crippen molar-refractivity contribution in [1.82, 2.24) is 9.71 Å². The van der Waals surface area contributed by atoms with Gasteiger partial charge in [0.1, 0.15) is 6.33 Å². The van der Waals surface area contributed by atoms with Gasteiger partial charge < -0.3 is 5.21 Å². The monoisotopic (exact) mass is 229 g/mol. The van der Waals surface area contributed by atoms with Gasteiger partial charge in [-0.15, -0.1) is 0 Å². The number of carbonyl (C=O) groups excluding carboxylic acids is 1. The smallest absolute Gasteiger partial charge is 0.244 e. The number of hydrogen-bond acceptors (Lipinski definition) is 3. The summed E-state index contributed by atoms with van der Waals surface area (Å²) in [6, 6.07) is 9.32. The molecule has 0 aliphatic heterocycles. The number of aromatic nitrogens is 2. The normalized spacial score (nSPS) is 11.5. The minimum absolute atomic E-state index is 0.179. The van der Waals surface area contributed by atoms with E-state index >= 15 is 0 Å². The molecule has 1 aromatic carbocycles. The summed E-state index contributed by atoms with van der Waals surface area (Å²) in [7, 11) is 0. The Morgan fingerprint density at radius 2 is 2.06 bits per heavy atom. The van der Waals surface area contributed by atoms with Crippen molar-refractivity contribution in [2.75, 3.05) is 0 Å². The fourth-order valence-electron chi connectivity index (χ4n) is 1.49. The van der Waals surface area contributed by atoms with Gasteiger partial charge in [0.25, 0.3) is 0 Å². The van der Waals surface area contributed by atoms with E-state index in [1.54, 1.807) is 6.20 Å². The highest BCUT2D eigenvalue weighted by atomic mass is 16.5. The highest BCUT2D eigenvalue weighted by Gasteiger charge is 2.04. The third kappa shape index (κ3) is 2.39. The zero-order valence-corrected chi connectivity index (χ0v) is 9.24. The van der Waals surface area contributed by atoms with Crippen LogP contribution in [-0.2, 0) is 4.79 Å². The number of carbonyl (C=O) groups is 1. The Kier molecular flexibility index (Phi) is 3.00. The summed E-state index contributed by atoms with van der Waals surface area (Å²) in [5.74, 6) is -0.379. The van der Waals surface area contributed by atoms with Crippen LogP contribution in [0.2, 0.25) is 0 Å². The van der Waals surface area contributed by atoms with Gasteiger partial charge in [0.2, 0.25) is 5.91 Å². The van der Waals surface area contributed by atoms with Gasteiger partial charge in [-0.25, -0.2) is 4.98 Å². The van der Waals surface area contributed by atoms with Crippen LogP contribution in [0.4, 0.5) is 0 Å². The fourth-order valence-corrected chi connectivity index (χ4v) is 1.49. The van der Waals surface area contributed by atoms with Crippen molar-refractivity contribution >= 4 is 5.91 Å². The fraction of sp³-hybridized carbons (Fsp3) is 0.0833. The molecule has 5 heteroatoms. The minimum atomic E-state index is -0.379. The number of nitrogens with zero attached hydrogens (tertiary/aromatic N) is 3. The third-order valence-electron chi connectivity index (χ3n) is 2.19. The predicted molar refractivity (Wildman–Crippen MR) is 61.1 cm³/mol. The van der Waals surface area contributed by atoms with Crippen molar-refractivity contribution in [3.8, 4) is 11.1 Å². The Morgan fingerprint density at radius 3 is 2.71 bits per heavy atom. The summed E-state index contributed by atoms with van der Waals surface area (Å²) in [6.07, 6.45) is 2.75. The van der Waals surface area contributed by atoms with E-state index in [4.69, 9.17) is 0 Å². The van der Waals surface area contributed by atoms with Gasteiger partial charge in [-0.3, -0.25) is 4.79 Å². The standard InChI is InChI=1S/C12H11N3O2/c1-9(16)14-12-11(7-13-8-15(12)17)10-5-3-2-4-6-10/h2-8,17H,1H3. The molecule has 0 fully saturated rings. The van der Waals surface area contributed by atoms with E-state index in [2.05, 4.69) is 9.98 Å². The summed E-state index contributed by atoms with van der Waals surface area (Å²) in [4.78, 5) is 18.7. The SMILES string of the molecule is CC(=O)N=c1c(-c2ccccc2)cncn1O. The molecule has 2 aromatic rings. The molecule has 0 spiro atoms. The summed E-state index contributed by atoms with van der Waals surface area (Å²) < 4.78 is 0.740. The maximum atomic E-state index is 11.0. The molecule has 1 heterocycles. The van der Waals surface area contributed by atoms with Crippen molar-refractivity contribution in [1.29, 1.82) is 0 Å². The summed E-state index contributed by atoms with van der Waals surface area (Å²) in [6.45, 7) is 1.33. The lowest BCUT2D eigenvalue weighted by Gasteiger charge is -2.04. The first-order chi connectivity index (χ1) is 8.18. The van der Waals surface area contributed by atoms with Crippen molar-refractivity contribution < 1.29 is 10.0 Å². The Hall–Kier alpha value is -2.43. The zero-order chi connectivity index (χ0) is 12.3. The lowest BCUT2D eigenvalue weighted by molar-refractivity contribution is -0.116. The summed E-state index contributed by atoms with van der Waals surface area (Å²) in [5, 5.41) is 9.61. The van der Waals surface area contributed by atoms with Gasteiger partial charge in [-0.05, 0) is 5.56 Å². The highest BCUT2D eigenvalue weighted by molar-refractivity contribution is 5.74. The number of hydrogen-bond donors (Lipinski definition) is 1. The van der Waals surface area contributed by atoms with Gasteiger partial charge in [-0.2, -0.15) is 9.72 Å². The van der Waals surface area contributed by atoms with E-state index in [1.165, 1.54) is 13.3 Å². The van der Waals surface area contributed by atoms with Crippen LogP contribution in [0.5, 0.6) is 0 Å². The second-order valence-electron chi connectivity index (χ2n) is 3.47. The third-order valence-corrected chi connectivity index (χ3v) is 2.19. The number of benzene rings is 1. The molecule has 0 aliphatic rings. The van der Waals surface area contributed by atoms with Crippen LogP contribution in [0.25, 0.3) is 11.1 Å². The first kappa shape index (κ1) is 11.1. The van der Waals surface area contributed by atoms with E-state index in [0.717, 1.165) is 10.3 Å². The molecule has 17 heavy (non-hydrogen) atoms. The Balaban J connectivity index is 2.71. The average Bonchev–Trinajstić information content (AvgIpc) is 2.32. The molecule has 0 atom stereocenters. The van der Waals surface area contributed by atoms with Crippen LogP contribution >= 0.6 is 0 Å². The van der Waals surface area contributed by atoms with Gasteiger partial charge in [0.05, 0.1) is 0 Å². The molecule has 0 saturated heterocycles. The van der Waals surface area contributed by atoms with Crippen molar-refractivity contribution in [2.24, 2.45) is 4.99 Å². The molecule has 0 bridgehead atoms. The molecule has 86 valence electrons. The van der Waals surface area contributed by atoms with Crippen molar-refractivity contribution in [2.45, 2.75) is 6.92 Å². The number of amides is 1. The van der Waals surface area contributed by atoms with Crippen molar-refractivity contribution in [3.05, 3.63) is 48.3 Å². The summed E-state index contributed by atoms with van der Waals surface area (Å²) in [5.41, 5.74) is 1.62. The lowest BCUT2D eigenvalue weighted by atomic mass is 10.1. The maximum Gasteiger partial charge on any atom is 0.244 e. The molecule has 1 N–H and O–H groups in total. The average molecular weight is 229 g/mol. The van der Waals surface area contributed by atoms with Gasteiger partial charge in [-0.1, -0.05) is 30.3 Å². The molecular weight excluding hydrogens is 218 g/mol. The lowest BCUT2D eigenvalue weighted by Crippen LogP contribution is -2.22. The topological polar surface area (TPSA) is 67.5 Å². The molecule has 0 aliphatic carbocycles. The van der Waals surface area contributed by atoms with E-state index in [0.29, 0.717) is 5.56 Å². The molecule has 2 rings (SSSR count). The van der Waals surface area contributed by atoms with Crippen molar-refractivity contribution in [3.63, 3.8) is 0 Å². The second-order valence-corrected chi connectivity index (χ2v) is 3.47. The molecular formula is C12H11N3O2. The maximum absolute atomic E-state index is 11.0. The Labute approximate surface area is 97.7 Å². The molecule has 1 amide bonds. The van der Waals surface area contributed by atoms with E-state index in [1.807, 2.05) is 30.3 Å². The van der Waals surface area contributed by atoms with Crippen LogP contribution in [0.15, 0.2) is 47.8 Å². The molecule has 0 unspecified atom stereocenters. The Bertz CT molecular complexity index is 603. The first-order valence-corrected chi connectivity index (χ1v) is 5.05. The van der Waals surface area contributed by atoms with Gasteiger partial charge in [0.15, 0.2) is 5.49 Å².